The molecule has 0 aromatic heterocycles. The van der Waals surface area contributed by atoms with E-state index in [4.69, 9.17) is 4.74 Å². The molecule has 0 N–H and O–H groups in total. The van der Waals surface area contributed by atoms with Crippen LogP contribution in [0.1, 0.15) is 51.7 Å². The Morgan fingerprint density at radius 2 is 1.59 bits per heavy atom. The molecule has 2 aliphatic carbocycles. The molecule has 1 saturated carbocycles. The number of carbonyl (C=O) groups is 1. The third kappa shape index (κ3) is 2.73. The lowest BCUT2D eigenvalue weighted by Crippen LogP contribution is -2.37. The van der Waals surface area contributed by atoms with Gasteiger partial charge < -0.3 is 4.74 Å². The van der Waals surface area contributed by atoms with Crippen LogP contribution in [0.25, 0.3) is 0 Å². The molecule has 0 spiro atoms. The predicted molar refractivity (Wildman–Crippen MR) is 108 cm³/mol. The molecule has 1 fully saturated rings. The first-order valence-electron chi connectivity index (χ1n) is 9.70. The van der Waals surface area contributed by atoms with E-state index in [1.165, 1.54) is 35.4 Å². The summed E-state index contributed by atoms with van der Waals surface area (Å²) in [5, 5.41) is 10.9. The van der Waals surface area contributed by atoms with Crippen LogP contribution in [-0.4, -0.2) is 10.9 Å². The van der Waals surface area contributed by atoms with Gasteiger partial charge in [0, 0.05) is 18.1 Å². The summed E-state index contributed by atoms with van der Waals surface area (Å²) in [6.45, 7) is 0. The van der Waals surface area contributed by atoms with Gasteiger partial charge in [-0.15, -0.1) is 0 Å². The number of nitro benzene ring substituents is 1. The van der Waals surface area contributed by atoms with Crippen LogP contribution >= 0.6 is 0 Å². The van der Waals surface area contributed by atoms with Crippen LogP contribution in [0.5, 0.6) is 0 Å². The summed E-state index contributed by atoms with van der Waals surface area (Å²) in [7, 11) is 0. The molecule has 3 aromatic rings. The largest absolute Gasteiger partial charge is 0.450 e. The van der Waals surface area contributed by atoms with Crippen LogP contribution in [-0.2, 0) is 10.3 Å². The minimum atomic E-state index is -0.723. The number of benzene rings is 3. The van der Waals surface area contributed by atoms with Crippen LogP contribution in [0.4, 0.5) is 5.69 Å². The first-order valence-corrected chi connectivity index (χ1v) is 9.70. The van der Waals surface area contributed by atoms with Crippen molar-refractivity contribution in [2.75, 3.05) is 0 Å². The molecule has 5 nitrogen and oxygen atoms in total. The summed E-state index contributed by atoms with van der Waals surface area (Å²) in [6, 6.07) is 23.9. The second-order valence-corrected chi connectivity index (χ2v) is 7.77. The molecule has 0 aliphatic heterocycles. The molecule has 3 atom stereocenters. The number of fused-ring (bicyclic) bond motifs is 5. The predicted octanol–water partition coefficient (Wildman–Crippen LogP) is 5.32. The summed E-state index contributed by atoms with van der Waals surface area (Å²) < 4.78 is 6.25. The SMILES string of the molecule is O=C(O[C@@]1(c2ccccc2)C[C@H]2C[C@@H]1c1ccccc12)c1ccc([N+](=O)[O-])cc1. The van der Waals surface area contributed by atoms with E-state index in [2.05, 4.69) is 18.2 Å². The van der Waals surface area contributed by atoms with Crippen molar-refractivity contribution >= 4 is 11.7 Å². The van der Waals surface area contributed by atoms with Crippen LogP contribution in [0, 0.1) is 10.1 Å². The highest BCUT2D eigenvalue weighted by Gasteiger charge is 2.57. The molecule has 0 heterocycles. The molecule has 3 aromatic carbocycles. The zero-order valence-electron chi connectivity index (χ0n) is 15.7. The quantitative estimate of drug-likeness (QED) is 0.346. The van der Waals surface area contributed by atoms with E-state index in [-0.39, 0.29) is 11.6 Å². The van der Waals surface area contributed by atoms with Crippen LogP contribution in [0.2, 0.25) is 0 Å². The van der Waals surface area contributed by atoms with Crippen molar-refractivity contribution in [3.05, 3.63) is 111 Å². The van der Waals surface area contributed by atoms with Gasteiger partial charge in [-0.1, -0.05) is 54.6 Å². The van der Waals surface area contributed by atoms with Crippen LogP contribution in [0.15, 0.2) is 78.9 Å². The van der Waals surface area contributed by atoms with Gasteiger partial charge in [0.1, 0.15) is 5.60 Å². The number of hydrogen-bond acceptors (Lipinski definition) is 4. The molecule has 0 saturated heterocycles. The molecule has 144 valence electrons. The lowest BCUT2D eigenvalue weighted by molar-refractivity contribution is -0.384. The topological polar surface area (TPSA) is 69.4 Å². The van der Waals surface area contributed by atoms with Crippen LogP contribution < -0.4 is 0 Å². The zero-order valence-corrected chi connectivity index (χ0v) is 15.7. The summed E-state index contributed by atoms with van der Waals surface area (Å²) in [5.41, 5.74) is 3.16. The number of ether oxygens (including phenoxy) is 1. The van der Waals surface area contributed by atoms with E-state index >= 15 is 0 Å². The fraction of sp³-hybridized carbons (Fsp3) is 0.208. The zero-order chi connectivity index (χ0) is 20.0. The summed E-state index contributed by atoms with van der Waals surface area (Å²) >= 11 is 0. The minimum absolute atomic E-state index is 0.0480. The Kier molecular flexibility index (Phi) is 3.98. The standard InChI is InChI=1S/C24H19NO4/c26-23(16-10-12-19(13-11-16)25(27)28)29-24(18-6-2-1-3-7-18)15-17-14-22(24)21-9-5-4-8-20(17)21/h1-13,17,22H,14-15H2/t17-,22-,24-/m1/s1. The summed E-state index contributed by atoms with van der Waals surface area (Å²) in [4.78, 5) is 23.5. The third-order valence-corrected chi connectivity index (χ3v) is 6.30. The summed E-state index contributed by atoms with van der Waals surface area (Å²) in [5.74, 6) is 0.0166. The fourth-order valence-electron chi connectivity index (χ4n) is 5.04. The molecule has 0 radical (unpaired) electrons. The number of carbonyl (C=O) groups excluding carboxylic acids is 1. The average Bonchev–Trinajstić information content (AvgIpc) is 3.32. The maximum atomic E-state index is 13.1. The van der Waals surface area contributed by atoms with Crippen molar-refractivity contribution in [2.45, 2.75) is 30.3 Å². The highest BCUT2D eigenvalue weighted by atomic mass is 16.6. The first kappa shape index (κ1) is 17.6. The molecule has 0 amide bonds. The second-order valence-electron chi connectivity index (χ2n) is 7.77. The normalized spacial score (nSPS) is 24.1. The lowest BCUT2D eigenvalue weighted by atomic mass is 9.75. The van der Waals surface area contributed by atoms with Gasteiger partial charge in [0.15, 0.2) is 0 Å². The number of nitro groups is 1. The van der Waals surface area contributed by atoms with Gasteiger partial charge in [0.05, 0.1) is 10.5 Å². The molecule has 2 bridgehead atoms. The monoisotopic (exact) mass is 385 g/mol. The molecular weight excluding hydrogens is 366 g/mol. The molecular formula is C24H19NO4. The maximum absolute atomic E-state index is 13.1. The number of nitrogens with zero attached hydrogens (tertiary/aromatic N) is 1. The minimum Gasteiger partial charge on any atom is -0.450 e. The third-order valence-electron chi connectivity index (χ3n) is 6.30. The number of non-ortho nitro benzene ring substituents is 1. The van der Waals surface area contributed by atoms with Crippen molar-refractivity contribution in [3.8, 4) is 0 Å². The summed E-state index contributed by atoms with van der Waals surface area (Å²) in [6.07, 6.45) is 1.71. The van der Waals surface area contributed by atoms with Gasteiger partial charge in [-0.05, 0) is 47.6 Å². The van der Waals surface area contributed by atoms with Gasteiger partial charge in [-0.3, -0.25) is 10.1 Å². The fourth-order valence-corrected chi connectivity index (χ4v) is 5.04. The van der Waals surface area contributed by atoms with Gasteiger partial charge in [-0.25, -0.2) is 4.79 Å². The van der Waals surface area contributed by atoms with Gasteiger partial charge >= 0.3 is 5.97 Å². The van der Waals surface area contributed by atoms with E-state index in [0.29, 0.717) is 11.5 Å². The lowest BCUT2D eigenvalue weighted by Gasteiger charge is -2.38. The van der Waals surface area contributed by atoms with Crippen molar-refractivity contribution in [1.29, 1.82) is 0 Å². The van der Waals surface area contributed by atoms with E-state index in [0.717, 1.165) is 18.4 Å². The van der Waals surface area contributed by atoms with E-state index in [1.54, 1.807) is 0 Å². The van der Waals surface area contributed by atoms with Crippen molar-refractivity contribution < 1.29 is 14.5 Å². The number of rotatable bonds is 4. The average molecular weight is 385 g/mol. The van der Waals surface area contributed by atoms with Crippen molar-refractivity contribution in [2.24, 2.45) is 0 Å². The van der Waals surface area contributed by atoms with Gasteiger partial charge in [0.25, 0.3) is 5.69 Å². The maximum Gasteiger partial charge on any atom is 0.339 e. The van der Waals surface area contributed by atoms with Crippen molar-refractivity contribution in [1.82, 2.24) is 0 Å². The van der Waals surface area contributed by atoms with Crippen molar-refractivity contribution in [3.63, 3.8) is 0 Å². The smallest absolute Gasteiger partial charge is 0.339 e. The Labute approximate surface area is 168 Å². The highest BCUT2D eigenvalue weighted by molar-refractivity contribution is 5.90. The molecule has 0 unspecified atom stereocenters. The Hall–Kier alpha value is -3.47. The Morgan fingerprint density at radius 3 is 2.28 bits per heavy atom. The van der Waals surface area contributed by atoms with E-state index in [1.807, 2.05) is 36.4 Å². The molecule has 2 aliphatic rings. The molecule has 5 rings (SSSR count). The Balaban J connectivity index is 1.54. The van der Waals surface area contributed by atoms with Crippen LogP contribution in [0.3, 0.4) is 0 Å². The molecule has 5 heteroatoms. The number of esters is 1. The first-order chi connectivity index (χ1) is 14.1. The second kappa shape index (κ2) is 6.55. The Morgan fingerprint density at radius 1 is 0.931 bits per heavy atom. The van der Waals surface area contributed by atoms with E-state index in [9.17, 15) is 14.9 Å². The van der Waals surface area contributed by atoms with Gasteiger partial charge in [0.2, 0.25) is 0 Å². The molecule has 29 heavy (non-hydrogen) atoms. The van der Waals surface area contributed by atoms with E-state index < -0.39 is 16.5 Å². The van der Waals surface area contributed by atoms with Gasteiger partial charge in [-0.2, -0.15) is 0 Å². The number of hydrogen-bond donors (Lipinski definition) is 0. The Bertz CT molecular complexity index is 1090. The highest BCUT2D eigenvalue weighted by Crippen LogP contribution is 2.63.